The minimum absolute atomic E-state index is 0.0192. The van der Waals surface area contributed by atoms with Crippen molar-refractivity contribution in [1.29, 1.82) is 0 Å². The number of hydrogen-bond acceptors (Lipinski definition) is 7. The van der Waals surface area contributed by atoms with Crippen LogP contribution in [-0.2, 0) is 10.2 Å². The van der Waals surface area contributed by atoms with E-state index in [0.29, 0.717) is 40.8 Å². The molecule has 1 aromatic carbocycles. The molecule has 3 fully saturated rings. The van der Waals surface area contributed by atoms with Crippen LogP contribution in [0.2, 0.25) is 5.02 Å². The number of pyridine rings is 2. The predicted octanol–water partition coefficient (Wildman–Crippen LogP) is 8.40. The number of alkyl halides is 1. The van der Waals surface area contributed by atoms with Gasteiger partial charge in [0.2, 0.25) is 5.91 Å². The molecule has 3 aromatic heterocycles. The summed E-state index contributed by atoms with van der Waals surface area (Å²) in [6.45, 7) is 11.4. The van der Waals surface area contributed by atoms with E-state index in [2.05, 4.69) is 27.4 Å². The molecule has 1 saturated heterocycles. The Kier molecular flexibility index (Phi) is 8.99. The molecule has 4 aromatic rings. The lowest BCUT2D eigenvalue weighted by Gasteiger charge is -2.54. The number of likely N-dealkylation sites (tertiary alicyclic amines) is 1. The summed E-state index contributed by atoms with van der Waals surface area (Å²) in [5.74, 6) is -3.35. The molecule has 286 valence electrons. The van der Waals surface area contributed by atoms with Crippen molar-refractivity contribution >= 4 is 51.6 Å². The summed E-state index contributed by atoms with van der Waals surface area (Å²) in [4.78, 5) is 46.2. The van der Waals surface area contributed by atoms with Crippen molar-refractivity contribution in [3.8, 4) is 11.3 Å². The van der Waals surface area contributed by atoms with Crippen LogP contribution < -0.4 is 15.5 Å². The van der Waals surface area contributed by atoms with Gasteiger partial charge >= 0.3 is 0 Å². The van der Waals surface area contributed by atoms with E-state index in [1.165, 1.54) is 25.7 Å². The lowest BCUT2D eigenvalue weighted by atomic mass is 9.71. The summed E-state index contributed by atoms with van der Waals surface area (Å²) in [5.41, 5.74) is 1.07. The number of anilines is 3. The lowest BCUT2D eigenvalue weighted by molar-refractivity contribution is -0.123. The van der Waals surface area contributed by atoms with Crippen LogP contribution in [0.3, 0.4) is 0 Å². The van der Waals surface area contributed by atoms with E-state index in [-0.39, 0.29) is 40.6 Å². The maximum absolute atomic E-state index is 15.6. The highest BCUT2D eigenvalue weighted by Gasteiger charge is 2.54. The summed E-state index contributed by atoms with van der Waals surface area (Å²) < 4.78 is 46.4. The van der Waals surface area contributed by atoms with Crippen LogP contribution in [0.5, 0.6) is 0 Å². The minimum Gasteiger partial charge on any atom is -0.344 e. The first-order valence-corrected chi connectivity index (χ1v) is 19.3. The number of benzene rings is 1. The third kappa shape index (κ3) is 6.02. The van der Waals surface area contributed by atoms with E-state index < -0.39 is 40.2 Å². The molecule has 54 heavy (non-hydrogen) atoms. The van der Waals surface area contributed by atoms with Gasteiger partial charge in [0, 0.05) is 29.4 Å². The molecule has 5 heterocycles. The molecule has 2 amide bonds. The van der Waals surface area contributed by atoms with Crippen LogP contribution in [0, 0.1) is 11.6 Å². The Hall–Kier alpha value is -4.23. The zero-order valence-corrected chi connectivity index (χ0v) is 32.1. The second-order valence-corrected chi connectivity index (χ2v) is 17.1. The molecule has 0 unspecified atom stereocenters. The van der Waals surface area contributed by atoms with E-state index >= 15 is 8.78 Å². The zero-order chi connectivity index (χ0) is 38.3. The number of rotatable bonds is 9. The van der Waals surface area contributed by atoms with E-state index in [0.717, 1.165) is 37.7 Å². The Balaban J connectivity index is 1.17. The van der Waals surface area contributed by atoms with Crippen LogP contribution in [-0.4, -0.2) is 73.1 Å². The molecule has 2 saturated carbocycles. The lowest BCUT2D eigenvalue weighted by Crippen LogP contribution is -2.63. The molecule has 4 aliphatic rings. The smallest absolute Gasteiger partial charge is 0.253 e. The van der Waals surface area contributed by atoms with Crippen LogP contribution >= 0.6 is 11.6 Å². The minimum atomic E-state index is -1.42. The summed E-state index contributed by atoms with van der Waals surface area (Å²) in [6, 6.07) is 4.82. The standard InChI is InChI=1S/C40H46ClF3N8O2/c1-22(2)51-21-46-28-16-26(47-35(33(28)51)48-27-15-25(30(41)32(44)31(27)43)36(53)49-40(20-42)10-11-40)23-14-29-34(45-19-23)38(3,4)37(54)52(29)24-17-39(5,18-24)50-12-8-6-7-9-13-50/h14-16,19,21-22,24H,6-13,17-18,20H2,1-5H3,(H,47,48)(H,49,53). The van der Waals surface area contributed by atoms with Crippen molar-refractivity contribution in [2.45, 2.75) is 115 Å². The Labute approximate surface area is 317 Å². The molecule has 2 aliphatic carbocycles. The number of carbonyl (C=O) groups excluding carboxylic acids is 2. The van der Waals surface area contributed by atoms with Crippen LogP contribution in [0.25, 0.3) is 22.3 Å². The second-order valence-electron chi connectivity index (χ2n) is 16.7. The molecule has 10 nitrogen and oxygen atoms in total. The van der Waals surface area contributed by atoms with Gasteiger partial charge in [0.25, 0.3) is 5.91 Å². The molecule has 2 aliphatic heterocycles. The van der Waals surface area contributed by atoms with Gasteiger partial charge in [0.05, 0.1) is 56.1 Å². The number of nitrogens with zero attached hydrogens (tertiary/aromatic N) is 6. The first kappa shape index (κ1) is 36.7. The van der Waals surface area contributed by atoms with Crippen LogP contribution in [0.1, 0.15) is 108 Å². The number of hydrogen-bond donors (Lipinski definition) is 2. The molecule has 0 atom stereocenters. The average Bonchev–Trinajstić information content (AvgIpc) is 3.81. The third-order valence-corrected chi connectivity index (χ3v) is 12.5. The maximum atomic E-state index is 15.6. The zero-order valence-electron chi connectivity index (χ0n) is 31.3. The third-order valence-electron chi connectivity index (χ3n) is 12.1. The summed E-state index contributed by atoms with van der Waals surface area (Å²) in [6.07, 6.45) is 10.9. The summed E-state index contributed by atoms with van der Waals surface area (Å²) in [7, 11) is 0. The fraction of sp³-hybridized carbons (Fsp3) is 0.525. The quantitative estimate of drug-likeness (QED) is 0.165. The number of halogens is 4. The topological polar surface area (TPSA) is 108 Å². The maximum Gasteiger partial charge on any atom is 0.253 e. The van der Waals surface area contributed by atoms with Crippen molar-refractivity contribution in [2.24, 2.45) is 0 Å². The molecule has 0 radical (unpaired) electrons. The SMILES string of the molecule is CC(C)n1cnc2cc(-c3cnc4c(c3)N(C3CC(C)(N5CCCCCC5)C3)C(=O)C4(C)C)nc(Nc3cc(C(=O)NC4(CF)CC4)c(Cl)c(F)c3F)c21. The van der Waals surface area contributed by atoms with Crippen molar-refractivity contribution in [3.63, 3.8) is 0 Å². The van der Waals surface area contributed by atoms with Crippen LogP contribution in [0.15, 0.2) is 30.7 Å². The Morgan fingerprint density at radius 1 is 1.02 bits per heavy atom. The highest BCUT2D eigenvalue weighted by molar-refractivity contribution is 6.34. The number of imidazole rings is 1. The fourth-order valence-electron chi connectivity index (χ4n) is 8.56. The number of nitrogens with one attached hydrogen (secondary N) is 2. The van der Waals surface area contributed by atoms with Gasteiger partial charge in [-0.15, -0.1) is 0 Å². The van der Waals surface area contributed by atoms with E-state index in [9.17, 15) is 14.0 Å². The van der Waals surface area contributed by atoms with Crippen molar-refractivity contribution in [1.82, 2.24) is 29.7 Å². The largest absolute Gasteiger partial charge is 0.344 e. The molecule has 8 rings (SSSR count). The summed E-state index contributed by atoms with van der Waals surface area (Å²) in [5, 5.41) is 4.82. The van der Waals surface area contributed by atoms with Gasteiger partial charge in [-0.25, -0.2) is 23.1 Å². The van der Waals surface area contributed by atoms with E-state index in [1.807, 2.05) is 43.2 Å². The number of fused-ring (bicyclic) bond motifs is 2. The van der Waals surface area contributed by atoms with Gasteiger partial charge in [-0.05, 0) is 104 Å². The molecular formula is C40H46ClF3N8O2. The van der Waals surface area contributed by atoms with Crippen molar-refractivity contribution in [3.05, 3.63) is 58.6 Å². The average molecular weight is 763 g/mol. The molecule has 0 spiro atoms. The number of aromatic nitrogens is 4. The molecule has 14 heteroatoms. The van der Waals surface area contributed by atoms with E-state index in [1.54, 1.807) is 18.6 Å². The molecule has 2 N–H and O–H groups in total. The monoisotopic (exact) mass is 762 g/mol. The van der Waals surface area contributed by atoms with Gasteiger partial charge < -0.3 is 20.1 Å². The Morgan fingerprint density at radius 3 is 2.37 bits per heavy atom. The van der Waals surface area contributed by atoms with Crippen molar-refractivity contribution < 1.29 is 22.8 Å². The fourth-order valence-corrected chi connectivity index (χ4v) is 8.79. The van der Waals surface area contributed by atoms with Gasteiger partial charge in [-0.3, -0.25) is 19.5 Å². The van der Waals surface area contributed by atoms with Crippen molar-refractivity contribution in [2.75, 3.05) is 30.0 Å². The second kappa shape index (κ2) is 13.2. The molecule has 0 bridgehead atoms. The predicted molar refractivity (Wildman–Crippen MR) is 203 cm³/mol. The highest BCUT2D eigenvalue weighted by Crippen LogP contribution is 2.50. The van der Waals surface area contributed by atoms with Gasteiger partial charge in [-0.1, -0.05) is 24.4 Å². The van der Waals surface area contributed by atoms with Gasteiger partial charge in [0.1, 0.15) is 12.2 Å². The van der Waals surface area contributed by atoms with E-state index in [4.69, 9.17) is 21.6 Å². The Morgan fingerprint density at radius 2 is 1.72 bits per heavy atom. The van der Waals surface area contributed by atoms with Gasteiger partial charge in [0.15, 0.2) is 17.5 Å². The van der Waals surface area contributed by atoms with Gasteiger partial charge in [-0.2, -0.15) is 0 Å². The number of carbonyl (C=O) groups is 2. The normalized spacial score (nSPS) is 23.3. The summed E-state index contributed by atoms with van der Waals surface area (Å²) >= 11 is 6.13. The molecular weight excluding hydrogens is 717 g/mol. The highest BCUT2D eigenvalue weighted by atomic mass is 35.5. The first-order chi connectivity index (χ1) is 25.7. The first-order valence-electron chi connectivity index (χ1n) is 19.0. The van der Waals surface area contributed by atoms with Crippen LogP contribution in [0.4, 0.5) is 30.4 Å². The Bertz CT molecular complexity index is 2170. The number of amides is 2.